The standard InChI is InChI=1S/C54H39N3/c1-3-17-34(18-4-1)51-55-52(35-19-5-2-6-20-35)57-53(56-51)50-44-27-10-8-22-38(44)37-21-7-9-26-43(37)49(50)36-31-32-42-41-25-13-16-30-47(41)54(48(42)33-36)45-28-14-11-23-39(45)40-24-12-15-29-46(40)54/h1-33,39,45,51,53,56H,(H,55,57). The molecule has 3 aliphatic carbocycles. The smallest absolute Gasteiger partial charge is 0.131 e. The SMILES string of the molecule is C1=CC2c3ccccc3C3(c4ccccc4-c4ccc(-c5c(C6NC(c7ccccc7)=NC(c7ccccc7)N6)c6ccccc6c6ccccc56)cc43)C2C=C1. The van der Waals surface area contributed by atoms with Crippen LogP contribution in [0.3, 0.4) is 0 Å². The van der Waals surface area contributed by atoms with Crippen molar-refractivity contribution in [3.8, 4) is 22.3 Å². The number of amidine groups is 1. The summed E-state index contributed by atoms with van der Waals surface area (Å²) in [6.45, 7) is 0. The van der Waals surface area contributed by atoms with Crippen molar-refractivity contribution in [1.82, 2.24) is 10.6 Å². The van der Waals surface area contributed by atoms with Crippen LogP contribution in [0, 0.1) is 5.92 Å². The maximum atomic E-state index is 5.30. The van der Waals surface area contributed by atoms with Crippen molar-refractivity contribution in [2.45, 2.75) is 23.7 Å². The van der Waals surface area contributed by atoms with Gasteiger partial charge >= 0.3 is 0 Å². The second-order valence-electron chi connectivity index (χ2n) is 15.8. The summed E-state index contributed by atoms with van der Waals surface area (Å²) >= 11 is 0. The van der Waals surface area contributed by atoms with Crippen LogP contribution in [-0.2, 0) is 5.41 Å². The molecule has 8 aromatic rings. The van der Waals surface area contributed by atoms with E-state index in [-0.39, 0.29) is 23.7 Å². The Labute approximate surface area is 332 Å². The van der Waals surface area contributed by atoms with Crippen molar-refractivity contribution >= 4 is 27.4 Å². The Morgan fingerprint density at radius 1 is 0.491 bits per heavy atom. The fourth-order valence-electron chi connectivity index (χ4n) is 10.8. The number of aliphatic imine (C=N–C) groups is 1. The minimum Gasteiger partial charge on any atom is -0.350 e. The highest BCUT2D eigenvalue weighted by Crippen LogP contribution is 2.65. The van der Waals surface area contributed by atoms with Gasteiger partial charge in [0.25, 0.3) is 0 Å². The summed E-state index contributed by atoms with van der Waals surface area (Å²) in [5, 5.41) is 12.9. The molecule has 57 heavy (non-hydrogen) atoms. The monoisotopic (exact) mass is 729 g/mol. The van der Waals surface area contributed by atoms with Gasteiger partial charge in [0.2, 0.25) is 0 Å². The first-order valence-electron chi connectivity index (χ1n) is 20.1. The lowest BCUT2D eigenvalue weighted by molar-refractivity contribution is 0.412. The Morgan fingerprint density at radius 2 is 1.12 bits per heavy atom. The lowest BCUT2D eigenvalue weighted by atomic mass is 9.65. The van der Waals surface area contributed by atoms with E-state index in [1.54, 1.807) is 0 Å². The van der Waals surface area contributed by atoms with Crippen LogP contribution in [0.4, 0.5) is 0 Å². The van der Waals surface area contributed by atoms with Crippen LogP contribution < -0.4 is 10.6 Å². The molecule has 0 aromatic heterocycles. The van der Waals surface area contributed by atoms with E-state index in [1.165, 1.54) is 71.6 Å². The second kappa shape index (κ2) is 12.6. The molecule has 1 spiro atoms. The van der Waals surface area contributed by atoms with Gasteiger partial charge in [0.1, 0.15) is 18.2 Å². The van der Waals surface area contributed by atoms with Gasteiger partial charge in [-0.25, -0.2) is 4.99 Å². The van der Waals surface area contributed by atoms with Crippen molar-refractivity contribution in [2.75, 3.05) is 0 Å². The third-order valence-electron chi connectivity index (χ3n) is 13.0. The van der Waals surface area contributed by atoms with Gasteiger partial charge in [-0.05, 0) is 77.7 Å². The fraction of sp³-hybridized carbons (Fsp3) is 0.0926. The molecule has 3 nitrogen and oxygen atoms in total. The van der Waals surface area contributed by atoms with Crippen LogP contribution in [0.15, 0.2) is 205 Å². The van der Waals surface area contributed by atoms with Crippen molar-refractivity contribution in [3.05, 3.63) is 239 Å². The Bertz CT molecular complexity index is 3000. The highest BCUT2D eigenvalue weighted by Gasteiger charge is 2.57. The normalized spacial score (nSPS) is 22.5. The van der Waals surface area contributed by atoms with Gasteiger partial charge < -0.3 is 5.32 Å². The van der Waals surface area contributed by atoms with E-state index in [0.29, 0.717) is 5.92 Å². The quantitative estimate of drug-likeness (QED) is 0.177. The number of nitrogens with zero attached hydrogens (tertiary/aromatic N) is 1. The molecule has 12 rings (SSSR count). The topological polar surface area (TPSA) is 36.4 Å². The Hall–Kier alpha value is -6.81. The lowest BCUT2D eigenvalue weighted by Gasteiger charge is -2.36. The van der Waals surface area contributed by atoms with E-state index >= 15 is 0 Å². The summed E-state index contributed by atoms with van der Waals surface area (Å²) in [5.41, 5.74) is 13.9. The van der Waals surface area contributed by atoms with E-state index in [9.17, 15) is 0 Å². The van der Waals surface area contributed by atoms with Crippen LogP contribution in [0.25, 0.3) is 43.8 Å². The predicted octanol–water partition coefficient (Wildman–Crippen LogP) is 12.2. The van der Waals surface area contributed by atoms with Gasteiger partial charge in [0.15, 0.2) is 0 Å². The molecule has 0 saturated heterocycles. The third-order valence-corrected chi connectivity index (χ3v) is 13.0. The Morgan fingerprint density at radius 3 is 1.95 bits per heavy atom. The molecule has 0 saturated carbocycles. The number of allylic oxidation sites excluding steroid dienone is 4. The average Bonchev–Trinajstić information content (AvgIpc) is 3.76. The van der Waals surface area contributed by atoms with Gasteiger partial charge in [-0.1, -0.05) is 194 Å². The number of rotatable bonds is 4. The fourth-order valence-corrected chi connectivity index (χ4v) is 10.8. The zero-order valence-corrected chi connectivity index (χ0v) is 31.3. The van der Waals surface area contributed by atoms with Crippen LogP contribution in [-0.4, -0.2) is 5.84 Å². The number of benzene rings is 8. The maximum Gasteiger partial charge on any atom is 0.131 e. The Kier molecular flexibility index (Phi) is 7.17. The van der Waals surface area contributed by atoms with Gasteiger partial charge in [-0.2, -0.15) is 0 Å². The van der Waals surface area contributed by atoms with Crippen molar-refractivity contribution < 1.29 is 0 Å². The van der Waals surface area contributed by atoms with Gasteiger partial charge in [0.05, 0.1) is 5.41 Å². The maximum absolute atomic E-state index is 5.30. The molecule has 2 N–H and O–H groups in total. The van der Waals surface area contributed by atoms with Gasteiger partial charge in [0, 0.05) is 23.0 Å². The number of fused-ring (bicyclic) bond motifs is 13. The molecular weight excluding hydrogens is 691 g/mol. The van der Waals surface area contributed by atoms with Crippen molar-refractivity contribution in [3.63, 3.8) is 0 Å². The molecule has 3 heteroatoms. The van der Waals surface area contributed by atoms with Gasteiger partial charge in [-0.15, -0.1) is 0 Å². The summed E-state index contributed by atoms with van der Waals surface area (Å²) in [7, 11) is 0. The molecule has 0 amide bonds. The minimum atomic E-state index is -0.315. The summed E-state index contributed by atoms with van der Waals surface area (Å²) in [6, 6.07) is 64.8. The van der Waals surface area contributed by atoms with E-state index in [1.807, 2.05) is 0 Å². The minimum absolute atomic E-state index is 0.249. The average molecular weight is 730 g/mol. The zero-order chi connectivity index (χ0) is 37.5. The van der Waals surface area contributed by atoms with Crippen molar-refractivity contribution in [1.29, 1.82) is 0 Å². The molecule has 8 aromatic carbocycles. The molecule has 4 aliphatic rings. The van der Waals surface area contributed by atoms with Gasteiger partial charge in [-0.3, -0.25) is 5.32 Å². The highest BCUT2D eigenvalue weighted by atomic mass is 15.3. The largest absolute Gasteiger partial charge is 0.350 e. The van der Waals surface area contributed by atoms with Crippen molar-refractivity contribution in [2.24, 2.45) is 10.9 Å². The molecule has 270 valence electrons. The van der Waals surface area contributed by atoms with E-state index in [4.69, 9.17) is 4.99 Å². The van der Waals surface area contributed by atoms with E-state index in [2.05, 4.69) is 211 Å². The third kappa shape index (κ3) is 4.67. The molecule has 5 atom stereocenters. The predicted molar refractivity (Wildman–Crippen MR) is 234 cm³/mol. The molecule has 5 unspecified atom stereocenters. The molecule has 0 bridgehead atoms. The molecule has 1 heterocycles. The first-order chi connectivity index (χ1) is 28.3. The van der Waals surface area contributed by atoms with E-state index in [0.717, 1.165) is 17.0 Å². The molecule has 1 aliphatic heterocycles. The molecule has 0 fully saturated rings. The Balaban J connectivity index is 1.14. The molecular formula is C54H39N3. The summed E-state index contributed by atoms with van der Waals surface area (Å²) in [5.74, 6) is 1.46. The number of nitrogens with one attached hydrogen (secondary N) is 2. The highest BCUT2D eigenvalue weighted by molar-refractivity contribution is 6.16. The summed E-state index contributed by atoms with van der Waals surface area (Å²) in [6.07, 6.45) is 8.90. The number of hydrogen-bond acceptors (Lipinski definition) is 3. The van der Waals surface area contributed by atoms with Crippen LogP contribution in [0.1, 0.15) is 57.2 Å². The summed E-state index contributed by atoms with van der Waals surface area (Å²) in [4.78, 5) is 5.30. The van der Waals surface area contributed by atoms with Crippen LogP contribution in [0.5, 0.6) is 0 Å². The zero-order valence-electron chi connectivity index (χ0n) is 31.3. The second-order valence-corrected chi connectivity index (χ2v) is 15.8. The first-order valence-corrected chi connectivity index (χ1v) is 20.1. The van der Waals surface area contributed by atoms with Crippen LogP contribution in [0.2, 0.25) is 0 Å². The number of hydrogen-bond donors (Lipinski definition) is 2. The van der Waals surface area contributed by atoms with Crippen LogP contribution >= 0.6 is 0 Å². The lowest BCUT2D eigenvalue weighted by Crippen LogP contribution is -2.45. The summed E-state index contributed by atoms with van der Waals surface area (Å²) < 4.78 is 0. The molecule has 0 radical (unpaired) electrons. The van der Waals surface area contributed by atoms with E-state index < -0.39 is 0 Å². The first kappa shape index (κ1) is 32.4.